The molecule has 0 spiro atoms. The third-order valence-corrected chi connectivity index (χ3v) is 4.56. The lowest BCUT2D eigenvalue weighted by molar-refractivity contribution is 0.104. The molecule has 0 amide bonds. The van der Waals surface area contributed by atoms with Crippen LogP contribution in [-0.4, -0.2) is 24.4 Å². The predicted octanol–water partition coefficient (Wildman–Crippen LogP) is 3.80. The highest BCUT2D eigenvalue weighted by Crippen LogP contribution is 2.26. The van der Waals surface area contributed by atoms with Crippen molar-refractivity contribution in [1.29, 1.82) is 0 Å². The molecule has 2 N–H and O–H groups in total. The van der Waals surface area contributed by atoms with Crippen LogP contribution in [0.25, 0.3) is 0 Å². The largest absolute Gasteiger partial charge is 0.491 e. The van der Waals surface area contributed by atoms with Gasteiger partial charge in [-0.25, -0.2) is 0 Å². The molecule has 0 aliphatic rings. The number of aliphatic hydroxyl groups excluding tert-OH is 1. The third kappa shape index (κ3) is 5.32. The van der Waals surface area contributed by atoms with E-state index in [1.165, 1.54) is 5.56 Å². The quantitative estimate of drug-likeness (QED) is 0.813. The smallest absolute Gasteiger partial charge is 0.119 e. The molecule has 0 saturated heterocycles. The lowest BCUT2D eigenvalue weighted by atomic mass is 10.2. The fourth-order valence-electron chi connectivity index (χ4n) is 1.86. The average molecular weight is 326 g/mol. The van der Waals surface area contributed by atoms with Gasteiger partial charge in [-0.2, -0.15) is 0 Å². The number of rotatable bonds is 7. The first-order valence-corrected chi connectivity index (χ1v) is 8.10. The summed E-state index contributed by atoms with van der Waals surface area (Å²) < 4.78 is 6.34. The van der Waals surface area contributed by atoms with E-state index in [2.05, 4.69) is 12.2 Å². The van der Waals surface area contributed by atoms with Gasteiger partial charge in [0.15, 0.2) is 0 Å². The summed E-state index contributed by atoms with van der Waals surface area (Å²) in [6.45, 7) is 4.83. The second kappa shape index (κ2) is 7.80. The number of thiophene rings is 1. The first-order valence-electron chi connectivity index (χ1n) is 6.91. The molecular weight excluding hydrogens is 306 g/mol. The minimum absolute atomic E-state index is 0.163. The van der Waals surface area contributed by atoms with Crippen LogP contribution >= 0.6 is 22.9 Å². The van der Waals surface area contributed by atoms with Crippen LogP contribution in [0.3, 0.4) is 0 Å². The summed E-state index contributed by atoms with van der Waals surface area (Å²) in [6.07, 6.45) is -0.552. The Morgan fingerprint density at radius 3 is 2.57 bits per heavy atom. The molecule has 2 aromatic rings. The SMILES string of the molecule is Cc1ccc(OCC(O)CNC(C)c2ccc(Cl)s2)cc1. The van der Waals surface area contributed by atoms with Gasteiger partial charge in [0.2, 0.25) is 0 Å². The molecule has 0 radical (unpaired) electrons. The Bertz CT molecular complexity index is 556. The van der Waals surface area contributed by atoms with Crippen molar-refractivity contribution >= 4 is 22.9 Å². The van der Waals surface area contributed by atoms with E-state index in [-0.39, 0.29) is 12.6 Å². The first kappa shape index (κ1) is 16.3. The Labute approximate surface area is 134 Å². The summed E-state index contributed by atoms with van der Waals surface area (Å²) >= 11 is 7.47. The highest BCUT2D eigenvalue weighted by Gasteiger charge is 2.11. The van der Waals surface area contributed by atoms with Gasteiger partial charge in [-0.05, 0) is 38.1 Å². The van der Waals surface area contributed by atoms with Crippen LogP contribution in [-0.2, 0) is 0 Å². The topological polar surface area (TPSA) is 41.5 Å². The molecular formula is C16H20ClNO2S. The van der Waals surface area contributed by atoms with Gasteiger partial charge < -0.3 is 15.2 Å². The maximum absolute atomic E-state index is 9.96. The van der Waals surface area contributed by atoms with Crippen molar-refractivity contribution in [1.82, 2.24) is 5.32 Å². The molecule has 1 aromatic carbocycles. The van der Waals surface area contributed by atoms with E-state index in [0.29, 0.717) is 6.54 Å². The van der Waals surface area contributed by atoms with Crippen molar-refractivity contribution in [3.8, 4) is 5.75 Å². The van der Waals surface area contributed by atoms with E-state index in [9.17, 15) is 5.11 Å². The maximum Gasteiger partial charge on any atom is 0.119 e. The van der Waals surface area contributed by atoms with Crippen molar-refractivity contribution in [2.24, 2.45) is 0 Å². The van der Waals surface area contributed by atoms with Gasteiger partial charge >= 0.3 is 0 Å². The summed E-state index contributed by atoms with van der Waals surface area (Å²) in [4.78, 5) is 1.16. The number of aryl methyl sites for hydroxylation is 1. The van der Waals surface area contributed by atoms with Gasteiger partial charge in [0, 0.05) is 17.5 Å². The monoisotopic (exact) mass is 325 g/mol. The lowest BCUT2D eigenvalue weighted by Gasteiger charge is -2.16. The Hall–Kier alpha value is -1.07. The normalized spacial score (nSPS) is 13.9. The number of halogens is 1. The van der Waals surface area contributed by atoms with Crippen molar-refractivity contribution in [3.05, 3.63) is 51.2 Å². The van der Waals surface area contributed by atoms with Crippen LogP contribution in [0, 0.1) is 6.92 Å². The molecule has 5 heteroatoms. The van der Waals surface area contributed by atoms with E-state index in [4.69, 9.17) is 16.3 Å². The van der Waals surface area contributed by atoms with Gasteiger partial charge in [0.25, 0.3) is 0 Å². The Balaban J connectivity index is 1.72. The van der Waals surface area contributed by atoms with Crippen LogP contribution in [0.1, 0.15) is 23.4 Å². The number of hydrogen-bond donors (Lipinski definition) is 2. The molecule has 21 heavy (non-hydrogen) atoms. The average Bonchev–Trinajstić information content (AvgIpc) is 2.91. The molecule has 0 fully saturated rings. The zero-order valence-electron chi connectivity index (χ0n) is 12.2. The standard InChI is InChI=1S/C16H20ClNO2S/c1-11-3-5-14(6-4-11)20-10-13(19)9-18-12(2)15-7-8-16(17)21-15/h3-8,12-13,18-19H,9-10H2,1-2H3. The summed E-state index contributed by atoms with van der Waals surface area (Å²) in [5.74, 6) is 0.776. The zero-order chi connectivity index (χ0) is 15.2. The van der Waals surface area contributed by atoms with Gasteiger partial charge in [-0.1, -0.05) is 29.3 Å². The van der Waals surface area contributed by atoms with Crippen LogP contribution in [0.4, 0.5) is 0 Å². The predicted molar refractivity (Wildman–Crippen MR) is 88.4 cm³/mol. The summed E-state index contributed by atoms with van der Waals surface area (Å²) in [6, 6.07) is 11.8. The van der Waals surface area contributed by atoms with Crippen LogP contribution < -0.4 is 10.1 Å². The van der Waals surface area contributed by atoms with Gasteiger partial charge in [0.05, 0.1) is 4.34 Å². The molecule has 3 nitrogen and oxygen atoms in total. The zero-order valence-corrected chi connectivity index (χ0v) is 13.7. The first-order chi connectivity index (χ1) is 10.0. The molecule has 2 atom stereocenters. The van der Waals surface area contributed by atoms with Gasteiger partial charge in [-0.15, -0.1) is 11.3 Å². The van der Waals surface area contributed by atoms with Crippen molar-refractivity contribution in [2.75, 3.05) is 13.2 Å². The maximum atomic E-state index is 9.96. The van der Waals surface area contributed by atoms with Crippen molar-refractivity contribution < 1.29 is 9.84 Å². The fraction of sp³-hybridized carbons (Fsp3) is 0.375. The highest BCUT2D eigenvalue weighted by molar-refractivity contribution is 7.16. The lowest BCUT2D eigenvalue weighted by Crippen LogP contribution is -2.32. The number of hydrogen-bond acceptors (Lipinski definition) is 4. The minimum atomic E-state index is -0.552. The van der Waals surface area contributed by atoms with Gasteiger partial charge in [0.1, 0.15) is 18.5 Å². The van der Waals surface area contributed by atoms with E-state index < -0.39 is 6.10 Å². The Morgan fingerprint density at radius 1 is 1.24 bits per heavy atom. The van der Waals surface area contributed by atoms with E-state index in [1.807, 2.05) is 43.3 Å². The summed E-state index contributed by atoms with van der Waals surface area (Å²) in [5.41, 5.74) is 1.19. The molecule has 114 valence electrons. The minimum Gasteiger partial charge on any atom is -0.491 e. The molecule has 1 heterocycles. The molecule has 2 unspecified atom stereocenters. The van der Waals surface area contributed by atoms with Crippen LogP contribution in [0.15, 0.2) is 36.4 Å². The van der Waals surface area contributed by atoms with Crippen LogP contribution in [0.5, 0.6) is 5.75 Å². The van der Waals surface area contributed by atoms with E-state index >= 15 is 0 Å². The third-order valence-electron chi connectivity index (χ3n) is 3.14. The molecule has 1 aromatic heterocycles. The van der Waals surface area contributed by atoms with E-state index in [1.54, 1.807) is 11.3 Å². The molecule has 2 rings (SSSR count). The second-order valence-electron chi connectivity index (χ2n) is 5.05. The number of aliphatic hydroxyl groups is 1. The number of nitrogens with one attached hydrogen (secondary N) is 1. The number of ether oxygens (including phenoxy) is 1. The van der Waals surface area contributed by atoms with E-state index in [0.717, 1.165) is 15.0 Å². The van der Waals surface area contributed by atoms with Crippen LogP contribution in [0.2, 0.25) is 4.34 Å². The summed E-state index contributed by atoms with van der Waals surface area (Å²) in [7, 11) is 0. The molecule has 0 saturated carbocycles. The number of benzene rings is 1. The Morgan fingerprint density at radius 2 is 1.95 bits per heavy atom. The summed E-state index contributed by atoms with van der Waals surface area (Å²) in [5, 5.41) is 13.2. The molecule has 0 aliphatic heterocycles. The molecule has 0 aliphatic carbocycles. The Kier molecular flexibility index (Phi) is 6.06. The molecule has 0 bridgehead atoms. The second-order valence-corrected chi connectivity index (χ2v) is 6.80. The fourth-order valence-corrected chi connectivity index (χ4v) is 2.95. The highest BCUT2D eigenvalue weighted by atomic mass is 35.5. The van der Waals surface area contributed by atoms with Crippen molar-refractivity contribution in [3.63, 3.8) is 0 Å². The van der Waals surface area contributed by atoms with Crippen molar-refractivity contribution in [2.45, 2.75) is 26.0 Å². The van der Waals surface area contributed by atoms with Gasteiger partial charge in [-0.3, -0.25) is 0 Å².